The summed E-state index contributed by atoms with van der Waals surface area (Å²) in [6, 6.07) is 12.9. The van der Waals surface area contributed by atoms with Gasteiger partial charge in [-0.05, 0) is 47.5 Å². The van der Waals surface area contributed by atoms with Crippen molar-refractivity contribution in [1.82, 2.24) is 4.98 Å². The third kappa shape index (κ3) is 4.64. The summed E-state index contributed by atoms with van der Waals surface area (Å²) in [5.74, 6) is 5.12. The van der Waals surface area contributed by atoms with Crippen LogP contribution in [-0.4, -0.2) is 30.8 Å². The second kappa shape index (κ2) is 9.27. The molecule has 1 aliphatic heterocycles. The molecule has 1 aliphatic rings. The Morgan fingerprint density at radius 1 is 1.15 bits per heavy atom. The van der Waals surface area contributed by atoms with Crippen LogP contribution >= 0.6 is 11.6 Å². The summed E-state index contributed by atoms with van der Waals surface area (Å²) in [4.78, 5) is 31.5. The lowest BCUT2D eigenvalue weighted by Crippen LogP contribution is -2.36. The monoisotopic (exact) mass is 460 g/mol. The Morgan fingerprint density at radius 3 is 2.67 bits per heavy atom. The molecule has 164 valence electrons. The number of likely N-dealkylation sites (N-methyl/N-ethyl adjacent to an activating group) is 1. The first-order chi connectivity index (χ1) is 15.9. The molecule has 4 rings (SSSR count). The van der Waals surface area contributed by atoms with Gasteiger partial charge in [0.15, 0.2) is 0 Å². The molecule has 0 radical (unpaired) electrons. The molecule has 2 heterocycles. The average Bonchev–Trinajstić information content (AvgIpc) is 2.83. The number of amides is 1. The highest BCUT2D eigenvalue weighted by Gasteiger charge is 2.32. The van der Waals surface area contributed by atoms with E-state index >= 15 is 0 Å². The molecule has 0 N–H and O–H groups in total. The van der Waals surface area contributed by atoms with Crippen molar-refractivity contribution in [2.45, 2.75) is 6.42 Å². The third-order valence-corrected chi connectivity index (χ3v) is 5.48. The van der Waals surface area contributed by atoms with Gasteiger partial charge in [0, 0.05) is 36.9 Å². The normalized spacial score (nSPS) is 14.1. The molecule has 0 unspecified atom stereocenters. The summed E-state index contributed by atoms with van der Waals surface area (Å²) in [5, 5.41) is -0.0328. The number of pyridine rings is 1. The smallest absolute Gasteiger partial charge is 0.262 e. The number of hydrogen-bond donors (Lipinski definition) is 0. The first kappa shape index (κ1) is 22.3. The topological polar surface area (TPSA) is 59.5 Å². The molecule has 7 heteroatoms. The number of aromatic nitrogens is 1. The first-order valence-electron chi connectivity index (χ1n) is 9.98. The molecule has 1 aromatic heterocycles. The number of anilines is 1. The van der Waals surface area contributed by atoms with Gasteiger partial charge in [0.2, 0.25) is 11.7 Å². The van der Waals surface area contributed by atoms with Gasteiger partial charge in [0.25, 0.3) is 5.91 Å². The molecule has 0 saturated carbocycles. The molecule has 0 aliphatic carbocycles. The number of fused-ring (bicyclic) bond motifs is 1. The number of carbonyl (C=O) groups excluding carboxylic acids is 2. The molecular weight excluding hydrogens is 443 g/mol. The lowest BCUT2D eigenvalue weighted by Gasteiger charge is -2.26. The van der Waals surface area contributed by atoms with Crippen LogP contribution in [0.4, 0.5) is 10.1 Å². The van der Waals surface area contributed by atoms with E-state index in [1.807, 2.05) is 6.07 Å². The minimum atomic E-state index is -0.625. The molecule has 33 heavy (non-hydrogen) atoms. The number of benzene rings is 2. The fourth-order valence-electron chi connectivity index (χ4n) is 3.40. The van der Waals surface area contributed by atoms with Crippen LogP contribution in [0.5, 0.6) is 5.88 Å². The summed E-state index contributed by atoms with van der Waals surface area (Å²) < 4.78 is 18.9. The Hall–Kier alpha value is -3.95. The van der Waals surface area contributed by atoms with E-state index in [4.69, 9.17) is 16.3 Å². The second-order valence-electron chi connectivity index (χ2n) is 7.34. The highest BCUT2D eigenvalue weighted by molar-refractivity contribution is 6.36. The Bertz CT molecular complexity index is 1350. The average molecular weight is 461 g/mol. The van der Waals surface area contributed by atoms with Gasteiger partial charge >= 0.3 is 0 Å². The number of ether oxygens (including phenoxy) is 1. The fraction of sp³-hybridized carbons (Fsp3) is 0.115. The van der Waals surface area contributed by atoms with E-state index in [0.717, 1.165) is 5.56 Å². The summed E-state index contributed by atoms with van der Waals surface area (Å²) in [6.45, 7) is 0. The molecule has 1 amide bonds. The van der Waals surface area contributed by atoms with E-state index in [1.54, 1.807) is 50.7 Å². The number of hydrogen-bond acceptors (Lipinski definition) is 4. The lowest BCUT2D eigenvalue weighted by atomic mass is 9.92. The van der Waals surface area contributed by atoms with Gasteiger partial charge in [-0.2, -0.15) is 0 Å². The second-order valence-corrected chi connectivity index (χ2v) is 7.75. The number of ketones is 1. The van der Waals surface area contributed by atoms with Crippen molar-refractivity contribution in [3.05, 3.63) is 93.4 Å². The van der Waals surface area contributed by atoms with E-state index in [0.29, 0.717) is 34.7 Å². The van der Waals surface area contributed by atoms with Gasteiger partial charge in [-0.15, -0.1) is 0 Å². The van der Waals surface area contributed by atoms with Crippen LogP contribution in [0.25, 0.3) is 6.08 Å². The summed E-state index contributed by atoms with van der Waals surface area (Å²) in [7, 11) is 3.14. The quantitative estimate of drug-likeness (QED) is 0.322. The van der Waals surface area contributed by atoms with Gasteiger partial charge in [-0.3, -0.25) is 9.59 Å². The molecular formula is C26H18ClFN2O3. The molecule has 5 nitrogen and oxygen atoms in total. The van der Waals surface area contributed by atoms with Crippen LogP contribution in [0.15, 0.2) is 60.3 Å². The number of halogens is 2. The van der Waals surface area contributed by atoms with Crippen molar-refractivity contribution in [2.75, 3.05) is 19.1 Å². The molecule has 0 spiro atoms. The van der Waals surface area contributed by atoms with E-state index in [2.05, 4.69) is 16.8 Å². The van der Waals surface area contributed by atoms with Crippen LogP contribution in [0.3, 0.4) is 0 Å². The van der Waals surface area contributed by atoms with Crippen LogP contribution < -0.4 is 9.64 Å². The zero-order chi connectivity index (χ0) is 23.5. The molecule has 0 bridgehead atoms. The standard InChI is InChI=1S/C26H18ClFN2O3/c1-30-23-10-7-16(4-3-5-17-8-11-24(33-2)29-15-17)12-19(23)25(31)20(26(30)32)13-18-6-9-21(27)22(28)14-18/h6-15H,5H2,1-2H3/b20-13-. The van der Waals surface area contributed by atoms with Gasteiger partial charge in [0.1, 0.15) is 5.82 Å². The maximum Gasteiger partial charge on any atom is 0.262 e. The first-order valence-corrected chi connectivity index (χ1v) is 10.4. The van der Waals surface area contributed by atoms with Gasteiger partial charge in [0.05, 0.1) is 23.4 Å². The predicted molar refractivity (Wildman–Crippen MR) is 125 cm³/mol. The molecule has 0 atom stereocenters. The number of nitrogens with zero attached hydrogens (tertiary/aromatic N) is 2. The predicted octanol–water partition coefficient (Wildman–Crippen LogP) is 4.72. The van der Waals surface area contributed by atoms with E-state index in [-0.39, 0.29) is 10.6 Å². The summed E-state index contributed by atoms with van der Waals surface area (Å²) in [6.07, 6.45) is 3.55. The van der Waals surface area contributed by atoms with Crippen LogP contribution in [-0.2, 0) is 11.2 Å². The molecule has 3 aromatic rings. The highest BCUT2D eigenvalue weighted by Crippen LogP contribution is 2.31. The number of rotatable bonds is 3. The molecule has 0 saturated heterocycles. The molecule has 2 aromatic carbocycles. The number of methoxy groups -OCH3 is 1. The minimum Gasteiger partial charge on any atom is -0.481 e. The zero-order valence-electron chi connectivity index (χ0n) is 17.9. The Morgan fingerprint density at radius 2 is 1.97 bits per heavy atom. The van der Waals surface area contributed by atoms with Crippen molar-refractivity contribution >= 4 is 35.1 Å². The Labute approximate surface area is 195 Å². The highest BCUT2D eigenvalue weighted by atomic mass is 35.5. The van der Waals surface area contributed by atoms with E-state index in [9.17, 15) is 14.0 Å². The number of carbonyl (C=O) groups is 2. The van der Waals surface area contributed by atoms with Crippen molar-refractivity contribution in [3.63, 3.8) is 0 Å². The summed E-state index contributed by atoms with van der Waals surface area (Å²) >= 11 is 5.72. The minimum absolute atomic E-state index is 0.0328. The third-order valence-electron chi connectivity index (χ3n) is 5.17. The van der Waals surface area contributed by atoms with E-state index in [1.165, 1.54) is 23.1 Å². The van der Waals surface area contributed by atoms with Gasteiger partial charge in [-0.25, -0.2) is 9.37 Å². The Kier molecular flexibility index (Phi) is 6.25. The van der Waals surface area contributed by atoms with Crippen molar-refractivity contribution in [1.29, 1.82) is 0 Å². The molecule has 0 fully saturated rings. The summed E-state index contributed by atoms with van der Waals surface area (Å²) in [5.41, 5.74) is 2.74. The van der Waals surface area contributed by atoms with Crippen LogP contribution in [0, 0.1) is 17.7 Å². The van der Waals surface area contributed by atoms with E-state index < -0.39 is 17.5 Å². The zero-order valence-corrected chi connectivity index (χ0v) is 18.6. The van der Waals surface area contributed by atoms with Crippen molar-refractivity contribution in [3.8, 4) is 17.7 Å². The fourth-order valence-corrected chi connectivity index (χ4v) is 3.52. The van der Waals surface area contributed by atoms with Crippen LogP contribution in [0.2, 0.25) is 5.02 Å². The van der Waals surface area contributed by atoms with Crippen LogP contribution in [0.1, 0.15) is 27.0 Å². The van der Waals surface area contributed by atoms with Gasteiger partial charge in [-0.1, -0.05) is 35.6 Å². The maximum absolute atomic E-state index is 13.8. The SMILES string of the molecule is COc1ccc(CC#Cc2ccc3c(c2)C(=O)/C(=C/c2ccc(Cl)c(F)c2)C(=O)N3C)cn1. The largest absolute Gasteiger partial charge is 0.481 e. The van der Waals surface area contributed by atoms with Gasteiger partial charge < -0.3 is 9.64 Å². The Balaban J connectivity index is 1.62. The maximum atomic E-state index is 13.8. The lowest BCUT2D eigenvalue weighted by molar-refractivity contribution is -0.114. The van der Waals surface area contributed by atoms with Crippen molar-refractivity contribution in [2.24, 2.45) is 0 Å². The number of Topliss-reactive ketones (excluding diaryl/α,β-unsaturated/α-hetero) is 1. The van der Waals surface area contributed by atoms with Crippen molar-refractivity contribution < 1.29 is 18.7 Å².